The lowest BCUT2D eigenvalue weighted by Crippen LogP contribution is -2.30. The fourth-order valence-electron chi connectivity index (χ4n) is 9.61. The van der Waals surface area contributed by atoms with Gasteiger partial charge in [-0.2, -0.15) is 0 Å². The van der Waals surface area contributed by atoms with Crippen molar-refractivity contribution >= 4 is 17.9 Å². The van der Waals surface area contributed by atoms with Crippen molar-refractivity contribution in [2.24, 2.45) is 0 Å². The Balaban J connectivity index is 4.42. The third-order valence-electron chi connectivity index (χ3n) is 14.5. The van der Waals surface area contributed by atoms with E-state index in [2.05, 4.69) is 75.5 Å². The zero-order valence-electron chi connectivity index (χ0n) is 50.1. The van der Waals surface area contributed by atoms with Crippen LogP contribution in [-0.4, -0.2) is 37.2 Å². The summed E-state index contributed by atoms with van der Waals surface area (Å²) in [6.07, 6.45) is 81.0. The van der Waals surface area contributed by atoms with Gasteiger partial charge in [0, 0.05) is 19.3 Å². The lowest BCUT2D eigenvalue weighted by molar-refractivity contribution is -0.166. The van der Waals surface area contributed by atoms with Gasteiger partial charge in [0.05, 0.1) is 0 Å². The fraction of sp³-hybridized carbons (Fsp3) is 0.812. The van der Waals surface area contributed by atoms with E-state index in [-0.39, 0.29) is 37.5 Å². The second kappa shape index (κ2) is 63.6. The number of hydrogen-bond acceptors (Lipinski definition) is 6. The Morgan fingerprint density at radius 3 is 0.827 bits per heavy atom. The molecule has 0 aromatic heterocycles. The molecule has 0 fully saturated rings. The Labute approximate surface area is 466 Å². The summed E-state index contributed by atoms with van der Waals surface area (Å²) in [6, 6.07) is 0. The largest absolute Gasteiger partial charge is 0.462 e. The van der Waals surface area contributed by atoms with Crippen LogP contribution in [0, 0.1) is 0 Å². The molecule has 0 rings (SSSR count). The van der Waals surface area contributed by atoms with Crippen molar-refractivity contribution in [2.75, 3.05) is 13.2 Å². The smallest absolute Gasteiger partial charge is 0.306 e. The first-order valence-corrected chi connectivity index (χ1v) is 32.8. The molecule has 0 saturated heterocycles. The quantitative estimate of drug-likeness (QED) is 0.0261. The first-order chi connectivity index (χ1) is 37.0. The zero-order valence-corrected chi connectivity index (χ0v) is 50.1. The summed E-state index contributed by atoms with van der Waals surface area (Å²) in [6.45, 7) is 6.61. The molecular weight excluding hydrogens is 925 g/mol. The van der Waals surface area contributed by atoms with Gasteiger partial charge in [0.2, 0.25) is 0 Å². The van der Waals surface area contributed by atoms with Gasteiger partial charge in [0.1, 0.15) is 13.2 Å². The highest BCUT2D eigenvalue weighted by Crippen LogP contribution is 2.18. The van der Waals surface area contributed by atoms with Crippen molar-refractivity contribution in [2.45, 2.75) is 348 Å². The van der Waals surface area contributed by atoms with Crippen LogP contribution in [0.3, 0.4) is 0 Å². The summed E-state index contributed by atoms with van der Waals surface area (Å²) in [5.74, 6) is -0.956. The van der Waals surface area contributed by atoms with Crippen molar-refractivity contribution < 1.29 is 28.6 Å². The molecule has 6 nitrogen and oxygen atoms in total. The Morgan fingerprint density at radius 1 is 0.267 bits per heavy atom. The standard InChI is InChI=1S/C69H124O6/c1-4-7-10-13-16-19-22-25-28-31-33-34-36-39-42-45-48-51-54-57-60-63-69(72)75-66(64-73-67(70)61-58-55-52-49-46-43-40-37-30-27-24-21-18-15-12-9-6-3)65-74-68(71)62-59-56-53-50-47-44-41-38-35-32-29-26-23-20-17-14-11-8-5-2/h17,20,26,29,35,38,44,47,53,56,66H,4-16,18-19,21-25,27-28,30-34,36-37,39-43,45-46,48-52,54-55,57-65H2,1-3H3/b20-17-,29-26-,38-35-,47-44-,56-53-/t66-/m0/s1. The van der Waals surface area contributed by atoms with Crippen LogP contribution < -0.4 is 0 Å². The summed E-state index contributed by atoms with van der Waals surface area (Å²) in [5, 5.41) is 0. The lowest BCUT2D eigenvalue weighted by atomic mass is 10.0. The van der Waals surface area contributed by atoms with Gasteiger partial charge in [-0.25, -0.2) is 0 Å². The second-order valence-electron chi connectivity index (χ2n) is 22.0. The number of carbonyl (C=O) groups is 3. The molecule has 0 amide bonds. The maximum Gasteiger partial charge on any atom is 0.306 e. The second-order valence-corrected chi connectivity index (χ2v) is 22.0. The molecule has 0 aliphatic rings. The Morgan fingerprint density at radius 2 is 0.507 bits per heavy atom. The van der Waals surface area contributed by atoms with E-state index in [1.165, 1.54) is 231 Å². The van der Waals surface area contributed by atoms with Gasteiger partial charge in [0.25, 0.3) is 0 Å². The molecule has 0 heterocycles. The molecule has 0 aromatic rings. The Bertz CT molecular complexity index is 1340. The number of carbonyl (C=O) groups excluding carboxylic acids is 3. The van der Waals surface area contributed by atoms with Gasteiger partial charge in [-0.15, -0.1) is 0 Å². The van der Waals surface area contributed by atoms with Gasteiger partial charge in [-0.05, 0) is 57.8 Å². The predicted molar refractivity (Wildman–Crippen MR) is 325 cm³/mol. The highest BCUT2D eigenvalue weighted by Gasteiger charge is 2.19. The van der Waals surface area contributed by atoms with Crippen LogP contribution in [0.15, 0.2) is 60.8 Å². The number of allylic oxidation sites excluding steroid dienone is 10. The molecule has 0 saturated carbocycles. The van der Waals surface area contributed by atoms with Crippen LogP contribution in [0.4, 0.5) is 0 Å². The number of hydrogen-bond donors (Lipinski definition) is 0. The van der Waals surface area contributed by atoms with Crippen molar-refractivity contribution in [1.82, 2.24) is 0 Å². The summed E-state index contributed by atoms with van der Waals surface area (Å²) in [7, 11) is 0. The first kappa shape index (κ1) is 72.1. The predicted octanol–water partition coefficient (Wildman–Crippen LogP) is 22.3. The Hall–Kier alpha value is -2.89. The summed E-state index contributed by atoms with van der Waals surface area (Å²) >= 11 is 0. The van der Waals surface area contributed by atoms with Crippen molar-refractivity contribution in [3.8, 4) is 0 Å². The first-order valence-electron chi connectivity index (χ1n) is 32.8. The third-order valence-corrected chi connectivity index (χ3v) is 14.5. The molecule has 1 atom stereocenters. The maximum atomic E-state index is 12.9. The monoisotopic (exact) mass is 1050 g/mol. The minimum absolute atomic E-state index is 0.0922. The molecule has 0 radical (unpaired) electrons. The topological polar surface area (TPSA) is 78.9 Å². The highest BCUT2D eigenvalue weighted by atomic mass is 16.6. The third kappa shape index (κ3) is 61.8. The summed E-state index contributed by atoms with van der Waals surface area (Å²) in [5.41, 5.74) is 0. The SMILES string of the molecule is CCCCC/C=C\C/C=C\C/C=C\C/C=C\C/C=C\CCC(=O)OC[C@H](COC(=O)CCCCCCCCCCCCCCCCCCC)OC(=O)CCCCCCCCCCCCCCCCCCCCCCC. The van der Waals surface area contributed by atoms with Gasteiger partial charge < -0.3 is 14.2 Å². The molecular formula is C69H124O6. The molecule has 0 unspecified atom stereocenters. The van der Waals surface area contributed by atoms with Crippen LogP contribution in [0.5, 0.6) is 0 Å². The number of esters is 3. The minimum Gasteiger partial charge on any atom is -0.462 e. The van der Waals surface area contributed by atoms with Gasteiger partial charge in [0.15, 0.2) is 6.10 Å². The highest BCUT2D eigenvalue weighted by molar-refractivity contribution is 5.71. The summed E-state index contributed by atoms with van der Waals surface area (Å²) in [4.78, 5) is 38.3. The minimum atomic E-state index is -0.802. The van der Waals surface area contributed by atoms with E-state index in [1.807, 2.05) is 6.08 Å². The van der Waals surface area contributed by atoms with E-state index in [4.69, 9.17) is 14.2 Å². The molecule has 0 spiro atoms. The van der Waals surface area contributed by atoms with E-state index >= 15 is 0 Å². The van der Waals surface area contributed by atoms with E-state index in [0.717, 1.165) is 64.2 Å². The van der Waals surface area contributed by atoms with Gasteiger partial charge in [-0.3, -0.25) is 14.4 Å². The van der Waals surface area contributed by atoms with Crippen LogP contribution in [-0.2, 0) is 28.6 Å². The lowest BCUT2D eigenvalue weighted by Gasteiger charge is -2.18. The molecule has 0 aliphatic carbocycles. The summed E-state index contributed by atoms with van der Waals surface area (Å²) < 4.78 is 16.9. The number of unbranched alkanes of at least 4 members (excludes halogenated alkanes) is 39. The van der Waals surface area contributed by atoms with Gasteiger partial charge in [-0.1, -0.05) is 326 Å². The average molecular weight is 1050 g/mol. The molecule has 0 bridgehead atoms. The molecule has 0 N–H and O–H groups in total. The van der Waals surface area contributed by atoms with Crippen molar-refractivity contribution in [3.63, 3.8) is 0 Å². The van der Waals surface area contributed by atoms with E-state index in [9.17, 15) is 14.4 Å². The van der Waals surface area contributed by atoms with Crippen LogP contribution >= 0.6 is 0 Å². The fourth-order valence-corrected chi connectivity index (χ4v) is 9.61. The zero-order chi connectivity index (χ0) is 54.3. The van der Waals surface area contributed by atoms with E-state index in [1.54, 1.807) is 0 Å². The number of ether oxygens (including phenoxy) is 3. The molecule has 6 heteroatoms. The molecule has 75 heavy (non-hydrogen) atoms. The van der Waals surface area contributed by atoms with Gasteiger partial charge >= 0.3 is 17.9 Å². The molecule has 0 aliphatic heterocycles. The van der Waals surface area contributed by atoms with E-state index in [0.29, 0.717) is 19.3 Å². The van der Waals surface area contributed by atoms with Crippen LogP contribution in [0.2, 0.25) is 0 Å². The normalized spacial score (nSPS) is 12.4. The van der Waals surface area contributed by atoms with Crippen molar-refractivity contribution in [1.29, 1.82) is 0 Å². The average Bonchev–Trinajstić information content (AvgIpc) is 3.41. The Kier molecular flexibility index (Phi) is 61.2. The maximum absolute atomic E-state index is 12.9. The van der Waals surface area contributed by atoms with Crippen LogP contribution in [0.25, 0.3) is 0 Å². The van der Waals surface area contributed by atoms with Crippen LogP contribution in [0.1, 0.15) is 342 Å². The number of rotatable bonds is 60. The van der Waals surface area contributed by atoms with E-state index < -0.39 is 6.10 Å². The molecule has 436 valence electrons. The van der Waals surface area contributed by atoms with Crippen molar-refractivity contribution in [3.05, 3.63) is 60.8 Å². The molecule has 0 aromatic carbocycles.